The van der Waals surface area contributed by atoms with Crippen LogP contribution < -0.4 is 0 Å². The molecule has 18 heavy (non-hydrogen) atoms. The molecule has 1 unspecified atom stereocenters. The molecule has 100 valence electrons. The van der Waals surface area contributed by atoms with E-state index in [0.717, 1.165) is 31.7 Å². The van der Waals surface area contributed by atoms with Gasteiger partial charge in [-0.2, -0.15) is 0 Å². The van der Waals surface area contributed by atoms with Crippen LogP contribution in [0.5, 0.6) is 0 Å². The van der Waals surface area contributed by atoms with Gasteiger partial charge in [-0.1, -0.05) is 13.3 Å². The molecule has 1 saturated heterocycles. The largest absolute Gasteiger partial charge is 0.477 e. The summed E-state index contributed by atoms with van der Waals surface area (Å²) in [4.78, 5) is 13.2. The van der Waals surface area contributed by atoms with Gasteiger partial charge in [0.25, 0.3) is 0 Å². The predicted octanol–water partition coefficient (Wildman–Crippen LogP) is 1.41. The minimum absolute atomic E-state index is 0.0393. The lowest BCUT2D eigenvalue weighted by molar-refractivity contribution is -0.131. The molecular weight excluding hydrogens is 254 g/mol. The molecule has 0 aromatic rings. The summed E-state index contributed by atoms with van der Waals surface area (Å²) in [5.41, 5.74) is 1.49. The first kappa shape index (κ1) is 13.3. The summed E-state index contributed by atoms with van der Waals surface area (Å²) in [6.45, 7) is 3.98. The van der Waals surface area contributed by atoms with Gasteiger partial charge >= 0.3 is 5.97 Å². The van der Waals surface area contributed by atoms with E-state index in [1.165, 1.54) is 0 Å². The van der Waals surface area contributed by atoms with Crippen LogP contribution in [0.4, 0.5) is 0 Å². The topological polar surface area (TPSA) is 66.8 Å². The van der Waals surface area contributed by atoms with Crippen molar-refractivity contribution in [2.45, 2.75) is 26.2 Å². The average molecular weight is 271 g/mol. The molecule has 2 heterocycles. The summed E-state index contributed by atoms with van der Waals surface area (Å²) < 4.78 is 17.3. The van der Waals surface area contributed by atoms with Crippen molar-refractivity contribution in [1.29, 1.82) is 0 Å². The van der Waals surface area contributed by atoms with Crippen molar-refractivity contribution in [3.63, 3.8) is 0 Å². The molecule has 0 aromatic carbocycles. The van der Waals surface area contributed by atoms with Gasteiger partial charge < -0.3 is 14.7 Å². The first-order valence-electron chi connectivity index (χ1n) is 6.07. The van der Waals surface area contributed by atoms with Crippen molar-refractivity contribution in [2.75, 3.05) is 19.9 Å². The number of hydrogen-bond donors (Lipinski definition) is 1. The molecule has 2 aliphatic rings. The number of carboxylic acids is 1. The number of allylic oxidation sites excluding steroid dienone is 1. The predicted molar refractivity (Wildman–Crippen MR) is 67.9 cm³/mol. The lowest BCUT2D eigenvalue weighted by Gasteiger charge is -2.30. The maximum absolute atomic E-state index is 11.9. The third kappa shape index (κ3) is 2.49. The number of aliphatic carboxylic acids is 1. The smallest absolute Gasteiger partial charge is 0.345 e. The summed E-state index contributed by atoms with van der Waals surface area (Å²) in [6, 6.07) is 0. The van der Waals surface area contributed by atoms with Gasteiger partial charge in [0, 0.05) is 12.0 Å². The van der Waals surface area contributed by atoms with Crippen LogP contribution in [-0.2, 0) is 20.3 Å². The van der Waals surface area contributed by atoms with E-state index in [0.29, 0.717) is 18.7 Å². The number of rotatable bonds is 4. The maximum atomic E-state index is 11.9. The van der Waals surface area contributed by atoms with E-state index in [4.69, 9.17) is 9.84 Å². The second-order valence-corrected chi connectivity index (χ2v) is 5.56. The number of carbonyl (C=O) groups is 1. The van der Waals surface area contributed by atoms with E-state index in [2.05, 4.69) is 0 Å². The first-order valence-corrected chi connectivity index (χ1v) is 7.28. The quantitative estimate of drug-likeness (QED) is 0.837. The van der Waals surface area contributed by atoms with E-state index in [-0.39, 0.29) is 4.91 Å². The first-order chi connectivity index (χ1) is 8.65. The minimum Gasteiger partial charge on any atom is -0.477 e. The second kappa shape index (κ2) is 5.67. The molecule has 1 fully saturated rings. The van der Waals surface area contributed by atoms with E-state index < -0.39 is 16.8 Å². The molecule has 0 radical (unpaired) electrons. The van der Waals surface area contributed by atoms with Crippen molar-refractivity contribution in [1.82, 2.24) is 4.90 Å². The lowest BCUT2D eigenvalue weighted by atomic mass is 10.1. The number of nitrogens with zero attached hydrogens (tertiary/aromatic N) is 1. The van der Waals surface area contributed by atoms with Crippen LogP contribution >= 0.6 is 0 Å². The van der Waals surface area contributed by atoms with Crippen LogP contribution in [0.1, 0.15) is 26.2 Å². The SMILES string of the molecule is CCCC1=C(C(=O)O)S(=O)C=C1N1CCCOC1. The Morgan fingerprint density at radius 2 is 2.39 bits per heavy atom. The average Bonchev–Trinajstić information content (AvgIpc) is 2.68. The molecule has 2 rings (SSSR count). The molecule has 2 aliphatic heterocycles. The Kier molecular flexibility index (Phi) is 4.19. The van der Waals surface area contributed by atoms with Crippen LogP contribution in [0.3, 0.4) is 0 Å². The second-order valence-electron chi connectivity index (χ2n) is 4.32. The number of hydrogen-bond acceptors (Lipinski definition) is 4. The van der Waals surface area contributed by atoms with Gasteiger partial charge in [-0.05, 0) is 18.4 Å². The van der Waals surface area contributed by atoms with Gasteiger partial charge in [-0.25, -0.2) is 9.00 Å². The van der Waals surface area contributed by atoms with Gasteiger partial charge in [0.05, 0.1) is 23.1 Å². The minimum atomic E-state index is -1.53. The third-order valence-electron chi connectivity index (χ3n) is 3.00. The highest BCUT2D eigenvalue weighted by atomic mass is 32.2. The Bertz CT molecular complexity index is 435. The summed E-state index contributed by atoms with van der Waals surface area (Å²) in [7, 11) is -1.53. The molecule has 0 bridgehead atoms. The molecule has 6 heteroatoms. The van der Waals surface area contributed by atoms with Crippen LogP contribution in [-0.4, -0.2) is 40.1 Å². The van der Waals surface area contributed by atoms with E-state index >= 15 is 0 Å². The third-order valence-corrected chi connectivity index (χ3v) is 4.26. The van der Waals surface area contributed by atoms with Crippen molar-refractivity contribution in [2.24, 2.45) is 0 Å². The molecule has 0 saturated carbocycles. The highest BCUT2D eigenvalue weighted by Gasteiger charge is 2.31. The summed E-state index contributed by atoms with van der Waals surface area (Å²) in [5.74, 6) is -1.08. The summed E-state index contributed by atoms with van der Waals surface area (Å²) in [6.07, 6.45) is 2.37. The highest BCUT2D eigenvalue weighted by molar-refractivity contribution is 7.93. The highest BCUT2D eigenvalue weighted by Crippen LogP contribution is 2.33. The van der Waals surface area contributed by atoms with Crippen molar-refractivity contribution in [3.05, 3.63) is 21.6 Å². The fourth-order valence-corrected chi connectivity index (χ4v) is 3.46. The van der Waals surface area contributed by atoms with Gasteiger partial charge in [0.2, 0.25) is 0 Å². The molecule has 0 aliphatic carbocycles. The Balaban J connectivity index is 2.31. The Morgan fingerprint density at radius 3 is 2.94 bits per heavy atom. The Morgan fingerprint density at radius 1 is 1.61 bits per heavy atom. The molecule has 5 nitrogen and oxygen atoms in total. The normalized spacial score (nSPS) is 24.4. The van der Waals surface area contributed by atoms with Gasteiger partial charge in [-0.15, -0.1) is 0 Å². The lowest BCUT2D eigenvalue weighted by Crippen LogP contribution is -2.32. The monoisotopic (exact) mass is 271 g/mol. The van der Waals surface area contributed by atoms with Gasteiger partial charge in [-0.3, -0.25) is 0 Å². The van der Waals surface area contributed by atoms with Gasteiger partial charge in [0.1, 0.15) is 11.6 Å². The maximum Gasteiger partial charge on any atom is 0.345 e. The Labute approximate surface area is 109 Å². The zero-order valence-corrected chi connectivity index (χ0v) is 11.2. The summed E-state index contributed by atoms with van der Waals surface area (Å²) >= 11 is 0. The zero-order chi connectivity index (χ0) is 13.1. The Hall–Kier alpha value is -1.14. The molecule has 0 spiro atoms. The molecular formula is C12H17NO4S. The molecule has 1 N–H and O–H groups in total. The standard InChI is InChI=1S/C12H17NO4S/c1-2-4-9-10(13-5-3-6-17-8-13)7-18(16)11(9)12(14)15/h7H,2-6,8H2,1H3,(H,14,15). The summed E-state index contributed by atoms with van der Waals surface area (Å²) in [5, 5.41) is 10.7. The molecule has 0 aromatic heterocycles. The fraction of sp³-hybridized carbons (Fsp3) is 0.583. The molecule has 1 atom stereocenters. The van der Waals surface area contributed by atoms with Crippen molar-refractivity contribution < 1.29 is 18.8 Å². The van der Waals surface area contributed by atoms with Gasteiger partial charge in [0.15, 0.2) is 0 Å². The van der Waals surface area contributed by atoms with E-state index in [9.17, 15) is 9.00 Å². The zero-order valence-electron chi connectivity index (χ0n) is 10.3. The van der Waals surface area contributed by atoms with Crippen LogP contribution in [0, 0.1) is 0 Å². The van der Waals surface area contributed by atoms with Crippen molar-refractivity contribution in [3.8, 4) is 0 Å². The fourth-order valence-electron chi connectivity index (χ4n) is 2.23. The van der Waals surface area contributed by atoms with E-state index in [1.807, 2.05) is 11.8 Å². The molecule has 0 amide bonds. The van der Waals surface area contributed by atoms with Crippen LogP contribution in [0.2, 0.25) is 0 Å². The number of carboxylic acid groups (broad SMARTS) is 1. The van der Waals surface area contributed by atoms with Crippen LogP contribution in [0.15, 0.2) is 21.6 Å². The van der Waals surface area contributed by atoms with Crippen molar-refractivity contribution >= 4 is 16.8 Å². The van der Waals surface area contributed by atoms with Crippen LogP contribution in [0.25, 0.3) is 0 Å². The van der Waals surface area contributed by atoms with E-state index in [1.54, 1.807) is 5.41 Å². The number of ether oxygens (including phenoxy) is 1.